The first-order chi connectivity index (χ1) is 14.4. The van der Waals surface area contributed by atoms with Gasteiger partial charge in [0.1, 0.15) is 18.8 Å². The van der Waals surface area contributed by atoms with Crippen LogP contribution < -0.4 is 0 Å². The molecule has 156 valence electrons. The van der Waals surface area contributed by atoms with Crippen LogP contribution in [0.15, 0.2) is 54.3 Å². The quantitative estimate of drug-likeness (QED) is 0.359. The van der Waals surface area contributed by atoms with Gasteiger partial charge < -0.3 is 19.2 Å². The summed E-state index contributed by atoms with van der Waals surface area (Å²) in [4.78, 5) is 27.7. The zero-order chi connectivity index (χ0) is 20.9. The molecule has 2 aliphatic heterocycles. The van der Waals surface area contributed by atoms with Crippen molar-refractivity contribution in [2.45, 2.75) is 50.4 Å². The Labute approximate surface area is 174 Å². The van der Waals surface area contributed by atoms with Crippen LogP contribution in [-0.4, -0.2) is 41.3 Å². The molecule has 1 aromatic heterocycles. The smallest absolute Gasteiger partial charge is 0.338 e. The van der Waals surface area contributed by atoms with Crippen molar-refractivity contribution in [3.8, 4) is 0 Å². The van der Waals surface area contributed by atoms with Gasteiger partial charge in [0.25, 0.3) is 0 Å². The number of carbonyl (C=O) groups excluding carboxylic acids is 2. The normalized spacial score (nSPS) is 30.8. The molecule has 3 aliphatic rings. The van der Waals surface area contributed by atoms with E-state index in [-0.39, 0.29) is 42.3 Å². The number of epoxide rings is 1. The first kappa shape index (κ1) is 19.1. The summed E-state index contributed by atoms with van der Waals surface area (Å²) in [5.41, 5.74) is 2.83. The van der Waals surface area contributed by atoms with Gasteiger partial charge >= 0.3 is 11.9 Å². The molecule has 4 atom stereocenters. The van der Waals surface area contributed by atoms with Crippen molar-refractivity contribution in [3.05, 3.63) is 59.8 Å². The molecule has 5 rings (SSSR count). The molecule has 6 heteroatoms. The molecule has 1 aliphatic carbocycles. The lowest BCUT2D eigenvalue weighted by molar-refractivity contribution is -0.140. The number of rotatable bonds is 3. The largest absolute Gasteiger partial charge is 0.458 e. The van der Waals surface area contributed by atoms with Crippen molar-refractivity contribution in [1.82, 2.24) is 4.98 Å². The van der Waals surface area contributed by atoms with Crippen molar-refractivity contribution in [3.63, 3.8) is 0 Å². The number of aromatic nitrogens is 1. The minimum atomic E-state index is -0.338. The van der Waals surface area contributed by atoms with Crippen molar-refractivity contribution in [1.29, 1.82) is 0 Å². The van der Waals surface area contributed by atoms with Gasteiger partial charge in [-0.2, -0.15) is 0 Å². The number of allylic oxidation sites excluding steroid dienone is 1. The fraction of sp³-hybridized carbons (Fsp3) is 0.417. The van der Waals surface area contributed by atoms with Crippen LogP contribution in [0.4, 0.5) is 0 Å². The van der Waals surface area contributed by atoms with Gasteiger partial charge in [-0.25, -0.2) is 9.59 Å². The summed E-state index contributed by atoms with van der Waals surface area (Å²) in [6.07, 6.45) is 6.81. The first-order valence-corrected chi connectivity index (χ1v) is 10.4. The molecule has 0 amide bonds. The maximum Gasteiger partial charge on any atom is 0.338 e. The lowest BCUT2D eigenvalue weighted by atomic mass is 9.84. The predicted octanol–water partition coefficient (Wildman–Crippen LogP) is 4.08. The SMILES string of the molecule is C=C1C(=O)O[C@H]2[C@H]1CCC(COC(=O)c1ccc3[nH]ccc3c1)=CCC[C@@]1(C)O[C@@H]21. The second-order valence-electron chi connectivity index (χ2n) is 8.65. The maximum atomic E-state index is 12.6. The Kier molecular flexibility index (Phi) is 4.54. The van der Waals surface area contributed by atoms with Crippen molar-refractivity contribution in [2.75, 3.05) is 6.61 Å². The number of nitrogens with one attached hydrogen (secondary N) is 1. The third-order valence-electron chi connectivity index (χ3n) is 6.62. The minimum absolute atomic E-state index is 0.0539. The lowest BCUT2D eigenvalue weighted by Gasteiger charge is -2.20. The van der Waals surface area contributed by atoms with Gasteiger partial charge in [-0.05, 0) is 62.4 Å². The van der Waals surface area contributed by atoms with Crippen LogP contribution in [-0.2, 0) is 19.0 Å². The Bertz CT molecular complexity index is 1070. The molecule has 3 heterocycles. The topological polar surface area (TPSA) is 80.9 Å². The number of H-pyrrole nitrogens is 1. The zero-order valence-corrected chi connectivity index (χ0v) is 17.0. The van der Waals surface area contributed by atoms with E-state index in [1.165, 1.54) is 0 Å². The van der Waals surface area contributed by atoms with E-state index in [2.05, 4.69) is 24.6 Å². The number of carbonyl (C=O) groups is 2. The zero-order valence-electron chi connectivity index (χ0n) is 17.0. The van der Waals surface area contributed by atoms with Crippen LogP contribution in [0.25, 0.3) is 10.9 Å². The number of aromatic amines is 1. The number of hydrogen-bond donors (Lipinski definition) is 1. The van der Waals surface area contributed by atoms with Crippen LogP contribution >= 0.6 is 0 Å². The summed E-state index contributed by atoms with van der Waals surface area (Å²) < 4.78 is 17.1. The van der Waals surface area contributed by atoms with E-state index in [0.29, 0.717) is 11.1 Å². The van der Waals surface area contributed by atoms with Gasteiger partial charge in [0, 0.05) is 28.6 Å². The highest BCUT2D eigenvalue weighted by atomic mass is 16.6. The van der Waals surface area contributed by atoms with Crippen LogP contribution in [0.2, 0.25) is 0 Å². The van der Waals surface area contributed by atoms with Crippen molar-refractivity contribution >= 4 is 22.8 Å². The second kappa shape index (κ2) is 7.13. The third kappa shape index (κ3) is 3.35. The summed E-state index contributed by atoms with van der Waals surface area (Å²) in [5, 5.41) is 0.977. The number of hydrogen-bond acceptors (Lipinski definition) is 5. The van der Waals surface area contributed by atoms with Crippen LogP contribution in [0.1, 0.15) is 43.0 Å². The van der Waals surface area contributed by atoms with E-state index in [9.17, 15) is 9.59 Å². The van der Waals surface area contributed by atoms with Crippen molar-refractivity contribution < 1.29 is 23.8 Å². The molecule has 6 nitrogen and oxygen atoms in total. The van der Waals surface area contributed by atoms with E-state index < -0.39 is 0 Å². The standard InChI is InChI=1S/C24H25NO5/c1-14-18-7-5-15(4-3-10-24(2)21(30-24)20(18)29-22(14)26)13-28-23(27)17-6-8-19-16(12-17)9-11-25-19/h4,6,8-9,11-12,18,20-21,25H,1,3,5,7,10,13H2,2H3/t18-,20-,21-,24+/m0/s1. The van der Waals surface area contributed by atoms with Crippen LogP contribution in [0.5, 0.6) is 0 Å². The summed E-state index contributed by atoms with van der Waals surface area (Å²) in [5.74, 6) is -0.716. The third-order valence-corrected chi connectivity index (χ3v) is 6.62. The van der Waals surface area contributed by atoms with Gasteiger partial charge in [0.2, 0.25) is 0 Å². The molecule has 0 saturated carbocycles. The van der Waals surface area contributed by atoms with E-state index in [0.717, 1.165) is 42.2 Å². The molecule has 0 spiro atoms. The minimum Gasteiger partial charge on any atom is -0.458 e. The Morgan fingerprint density at radius 2 is 2.23 bits per heavy atom. The Morgan fingerprint density at radius 3 is 3.10 bits per heavy atom. The number of benzene rings is 1. The number of fused-ring (bicyclic) bond motifs is 4. The molecule has 0 unspecified atom stereocenters. The number of esters is 2. The molecule has 0 radical (unpaired) electrons. The van der Waals surface area contributed by atoms with E-state index in [1.54, 1.807) is 6.07 Å². The highest BCUT2D eigenvalue weighted by Crippen LogP contribution is 2.49. The molecule has 30 heavy (non-hydrogen) atoms. The molecule has 2 saturated heterocycles. The van der Waals surface area contributed by atoms with E-state index in [4.69, 9.17) is 14.2 Å². The van der Waals surface area contributed by atoms with E-state index >= 15 is 0 Å². The van der Waals surface area contributed by atoms with Crippen LogP contribution in [0.3, 0.4) is 0 Å². The van der Waals surface area contributed by atoms with Gasteiger partial charge in [-0.15, -0.1) is 0 Å². The number of ether oxygens (including phenoxy) is 3. The Morgan fingerprint density at radius 1 is 1.37 bits per heavy atom. The van der Waals surface area contributed by atoms with Gasteiger partial charge in [0.15, 0.2) is 0 Å². The highest BCUT2D eigenvalue weighted by molar-refractivity contribution is 5.94. The maximum absolute atomic E-state index is 12.6. The van der Waals surface area contributed by atoms with Gasteiger partial charge in [-0.3, -0.25) is 0 Å². The summed E-state index contributed by atoms with van der Waals surface area (Å²) >= 11 is 0. The molecule has 1 aromatic carbocycles. The summed E-state index contributed by atoms with van der Waals surface area (Å²) in [7, 11) is 0. The second-order valence-corrected chi connectivity index (χ2v) is 8.65. The monoisotopic (exact) mass is 407 g/mol. The molecule has 2 aromatic rings. The predicted molar refractivity (Wildman–Crippen MR) is 111 cm³/mol. The highest BCUT2D eigenvalue weighted by Gasteiger charge is 2.61. The summed E-state index contributed by atoms with van der Waals surface area (Å²) in [6, 6.07) is 7.41. The molecule has 0 bridgehead atoms. The van der Waals surface area contributed by atoms with Gasteiger partial charge in [-0.1, -0.05) is 12.7 Å². The Hall–Kier alpha value is -2.86. The molecular formula is C24H25NO5. The first-order valence-electron chi connectivity index (χ1n) is 10.4. The lowest BCUT2D eigenvalue weighted by Crippen LogP contribution is -2.29. The Balaban J connectivity index is 1.28. The molecule has 2 fully saturated rings. The van der Waals surface area contributed by atoms with E-state index in [1.807, 2.05) is 24.4 Å². The van der Waals surface area contributed by atoms with Crippen LogP contribution in [0, 0.1) is 5.92 Å². The fourth-order valence-electron chi connectivity index (χ4n) is 4.67. The fourth-order valence-corrected chi connectivity index (χ4v) is 4.67. The average Bonchev–Trinajstić information content (AvgIpc) is 3.06. The molecule has 1 N–H and O–H groups in total. The van der Waals surface area contributed by atoms with Gasteiger partial charge in [0.05, 0.1) is 11.2 Å². The summed E-state index contributed by atoms with van der Waals surface area (Å²) in [6.45, 7) is 6.25. The van der Waals surface area contributed by atoms with Crippen molar-refractivity contribution in [2.24, 2.45) is 5.92 Å². The average molecular weight is 407 g/mol. The molecular weight excluding hydrogens is 382 g/mol.